The van der Waals surface area contributed by atoms with E-state index in [0.29, 0.717) is 35.6 Å². The quantitative estimate of drug-likeness (QED) is 0.549. The van der Waals surface area contributed by atoms with Crippen LogP contribution >= 0.6 is 31.9 Å². The van der Waals surface area contributed by atoms with Crippen LogP contribution in [0.1, 0.15) is 11.4 Å². The van der Waals surface area contributed by atoms with E-state index in [-0.39, 0.29) is 5.56 Å². The van der Waals surface area contributed by atoms with E-state index in [4.69, 9.17) is 9.47 Å². The van der Waals surface area contributed by atoms with Crippen molar-refractivity contribution in [2.24, 2.45) is 0 Å². The summed E-state index contributed by atoms with van der Waals surface area (Å²) >= 11 is 6.89. The largest absolute Gasteiger partial charge is 0.493 e. The molecule has 1 atom stereocenters. The second kappa shape index (κ2) is 8.41. The number of benzene rings is 2. The fraction of sp³-hybridized carbons (Fsp3) is 0.263. The molecule has 1 unspecified atom stereocenters. The first-order valence-corrected chi connectivity index (χ1v) is 9.90. The Labute approximate surface area is 173 Å². The number of ether oxygens (including phenoxy) is 2. The third-order valence-electron chi connectivity index (χ3n) is 4.22. The molecular formula is C19H20Br2N3O3+. The van der Waals surface area contributed by atoms with Crippen LogP contribution in [-0.4, -0.2) is 31.2 Å². The summed E-state index contributed by atoms with van der Waals surface area (Å²) in [6, 6.07) is 9.48. The van der Waals surface area contributed by atoms with E-state index in [9.17, 15) is 4.79 Å². The maximum absolute atomic E-state index is 12.4. The molecule has 0 radical (unpaired) electrons. The van der Waals surface area contributed by atoms with E-state index in [1.54, 1.807) is 20.3 Å². The van der Waals surface area contributed by atoms with E-state index >= 15 is 0 Å². The van der Waals surface area contributed by atoms with Crippen LogP contribution in [0.25, 0.3) is 10.9 Å². The minimum absolute atomic E-state index is 0.149. The van der Waals surface area contributed by atoms with Gasteiger partial charge in [0.25, 0.3) is 5.56 Å². The van der Waals surface area contributed by atoms with Gasteiger partial charge < -0.3 is 19.4 Å². The number of fused-ring (bicyclic) bond motifs is 1. The predicted molar refractivity (Wildman–Crippen MR) is 112 cm³/mol. The zero-order valence-electron chi connectivity index (χ0n) is 15.2. The lowest BCUT2D eigenvalue weighted by Crippen LogP contribution is -3.06. The predicted octanol–water partition coefficient (Wildman–Crippen LogP) is 2.68. The molecule has 0 aliphatic heterocycles. The molecule has 0 aliphatic rings. The Morgan fingerprint density at radius 3 is 2.63 bits per heavy atom. The average Bonchev–Trinajstić information content (AvgIpc) is 2.62. The number of aromatic amines is 1. The van der Waals surface area contributed by atoms with Gasteiger partial charge in [0.1, 0.15) is 13.1 Å². The second-order valence-electron chi connectivity index (χ2n) is 6.26. The molecule has 8 heteroatoms. The number of nitrogens with one attached hydrogen (secondary N) is 2. The summed E-state index contributed by atoms with van der Waals surface area (Å²) in [4.78, 5) is 21.1. The molecule has 3 rings (SSSR count). The van der Waals surface area contributed by atoms with Gasteiger partial charge in [-0.2, -0.15) is 0 Å². The van der Waals surface area contributed by atoms with Crippen molar-refractivity contribution in [3.63, 3.8) is 0 Å². The zero-order valence-corrected chi connectivity index (χ0v) is 18.4. The Bertz CT molecular complexity index is 1040. The van der Waals surface area contributed by atoms with Gasteiger partial charge in [-0.25, -0.2) is 4.98 Å². The minimum Gasteiger partial charge on any atom is -0.493 e. The van der Waals surface area contributed by atoms with Crippen molar-refractivity contribution in [1.82, 2.24) is 9.97 Å². The van der Waals surface area contributed by atoms with Gasteiger partial charge in [0.05, 0.1) is 37.7 Å². The van der Waals surface area contributed by atoms with E-state index in [1.807, 2.05) is 31.3 Å². The molecule has 27 heavy (non-hydrogen) atoms. The molecule has 0 saturated carbocycles. The summed E-state index contributed by atoms with van der Waals surface area (Å²) in [6.07, 6.45) is 0. The van der Waals surface area contributed by atoms with E-state index < -0.39 is 0 Å². The molecule has 1 heterocycles. The van der Waals surface area contributed by atoms with Crippen molar-refractivity contribution in [1.29, 1.82) is 0 Å². The summed E-state index contributed by atoms with van der Waals surface area (Å²) in [5.41, 5.74) is 1.54. The first-order valence-electron chi connectivity index (χ1n) is 8.32. The van der Waals surface area contributed by atoms with Crippen LogP contribution in [0.15, 0.2) is 44.1 Å². The van der Waals surface area contributed by atoms with Gasteiger partial charge >= 0.3 is 0 Å². The molecule has 0 bridgehead atoms. The molecule has 0 amide bonds. The van der Waals surface area contributed by atoms with Crippen molar-refractivity contribution in [2.45, 2.75) is 13.1 Å². The van der Waals surface area contributed by atoms with Crippen LogP contribution in [0.4, 0.5) is 0 Å². The fourth-order valence-corrected chi connectivity index (χ4v) is 4.38. The van der Waals surface area contributed by atoms with Crippen molar-refractivity contribution in [2.75, 3.05) is 21.3 Å². The van der Waals surface area contributed by atoms with Gasteiger partial charge in [-0.3, -0.25) is 4.79 Å². The van der Waals surface area contributed by atoms with Gasteiger partial charge in [0, 0.05) is 8.95 Å². The van der Waals surface area contributed by atoms with Crippen LogP contribution < -0.4 is 19.9 Å². The number of methoxy groups -OCH3 is 2. The Morgan fingerprint density at radius 1 is 1.15 bits per heavy atom. The maximum Gasteiger partial charge on any atom is 0.259 e. The lowest BCUT2D eigenvalue weighted by molar-refractivity contribution is -0.908. The highest BCUT2D eigenvalue weighted by atomic mass is 79.9. The number of nitrogens with zero attached hydrogens (tertiary/aromatic N) is 1. The van der Waals surface area contributed by atoms with Crippen LogP contribution in [0.5, 0.6) is 11.5 Å². The summed E-state index contributed by atoms with van der Waals surface area (Å²) in [7, 11) is 5.30. The maximum atomic E-state index is 12.4. The Morgan fingerprint density at radius 2 is 1.93 bits per heavy atom. The molecule has 3 aromatic rings. The van der Waals surface area contributed by atoms with Crippen molar-refractivity contribution >= 4 is 42.8 Å². The number of rotatable bonds is 6. The third kappa shape index (κ3) is 4.34. The monoisotopic (exact) mass is 496 g/mol. The fourth-order valence-electron chi connectivity index (χ4n) is 3.06. The minimum atomic E-state index is -0.149. The topological polar surface area (TPSA) is 68.7 Å². The molecular weight excluding hydrogens is 478 g/mol. The zero-order chi connectivity index (χ0) is 19.6. The highest BCUT2D eigenvalue weighted by Gasteiger charge is 2.16. The lowest BCUT2D eigenvalue weighted by Gasteiger charge is -2.17. The Balaban J connectivity index is 1.87. The first kappa shape index (κ1) is 19.9. The molecule has 142 valence electrons. The van der Waals surface area contributed by atoms with Gasteiger partial charge in [0.15, 0.2) is 17.3 Å². The van der Waals surface area contributed by atoms with Crippen LogP contribution in [-0.2, 0) is 13.1 Å². The summed E-state index contributed by atoms with van der Waals surface area (Å²) in [5.74, 6) is 2.07. The smallest absolute Gasteiger partial charge is 0.259 e. The van der Waals surface area contributed by atoms with E-state index in [2.05, 4.69) is 41.8 Å². The lowest BCUT2D eigenvalue weighted by atomic mass is 10.1. The summed E-state index contributed by atoms with van der Waals surface area (Å²) in [5, 5.41) is 0.548. The number of para-hydroxylation sites is 1. The molecule has 2 aromatic carbocycles. The van der Waals surface area contributed by atoms with Crippen LogP contribution in [0.3, 0.4) is 0 Å². The van der Waals surface area contributed by atoms with Gasteiger partial charge in [-0.05, 0) is 40.2 Å². The normalized spacial score (nSPS) is 12.2. The van der Waals surface area contributed by atoms with Gasteiger partial charge in [-0.15, -0.1) is 0 Å². The number of hydrogen-bond donors (Lipinski definition) is 2. The van der Waals surface area contributed by atoms with Crippen LogP contribution in [0.2, 0.25) is 0 Å². The average molecular weight is 498 g/mol. The highest BCUT2D eigenvalue weighted by molar-refractivity contribution is 9.11. The molecule has 0 saturated heterocycles. The number of quaternary nitrogens is 1. The second-order valence-corrected chi connectivity index (χ2v) is 8.03. The van der Waals surface area contributed by atoms with Gasteiger partial charge in [-0.1, -0.05) is 22.0 Å². The molecule has 0 spiro atoms. The summed E-state index contributed by atoms with van der Waals surface area (Å²) < 4.78 is 12.5. The number of H-pyrrole nitrogens is 1. The van der Waals surface area contributed by atoms with Crippen molar-refractivity contribution < 1.29 is 14.4 Å². The molecule has 6 nitrogen and oxygen atoms in total. The van der Waals surface area contributed by atoms with E-state index in [1.165, 1.54) is 0 Å². The third-order valence-corrected chi connectivity index (χ3v) is 5.29. The number of hydrogen-bond acceptors (Lipinski definition) is 4. The van der Waals surface area contributed by atoms with Gasteiger partial charge in [0.2, 0.25) is 0 Å². The first-order chi connectivity index (χ1) is 12.9. The molecule has 2 N–H and O–H groups in total. The SMILES string of the molecule is COc1cccc(C[NH+](C)Cc2nc3c(Br)cc(Br)cc3c(=O)[nH]2)c1OC. The molecule has 0 fully saturated rings. The molecule has 1 aromatic heterocycles. The Kier molecular flexibility index (Phi) is 6.18. The van der Waals surface area contributed by atoms with E-state index in [0.717, 1.165) is 25.2 Å². The summed E-state index contributed by atoms with van der Waals surface area (Å²) in [6.45, 7) is 1.26. The molecule has 0 aliphatic carbocycles. The van der Waals surface area contributed by atoms with Crippen LogP contribution in [0, 0.1) is 0 Å². The standard InChI is InChI=1S/C19H19Br2N3O3/c1-24(9-11-5-4-6-15(26-2)18(11)27-3)10-16-22-17-13(19(25)23-16)7-12(20)8-14(17)21/h4-8H,9-10H2,1-3H3,(H,22,23,25)/p+1. The van der Waals surface area contributed by atoms with Crippen molar-refractivity contribution in [3.05, 3.63) is 61.0 Å². The van der Waals surface area contributed by atoms with Crippen molar-refractivity contribution in [3.8, 4) is 11.5 Å². The Hall–Kier alpha value is -1.90. The number of halogens is 2. The highest BCUT2D eigenvalue weighted by Crippen LogP contribution is 2.30. The number of aromatic nitrogens is 2.